The van der Waals surface area contributed by atoms with Gasteiger partial charge in [-0.15, -0.1) is 0 Å². The lowest BCUT2D eigenvalue weighted by Crippen LogP contribution is -2.43. The first kappa shape index (κ1) is 18.5. The zero-order valence-corrected chi connectivity index (χ0v) is 16.5. The molecule has 1 amide bonds. The number of benzene rings is 1. The van der Waals surface area contributed by atoms with Gasteiger partial charge in [-0.05, 0) is 38.0 Å². The van der Waals surface area contributed by atoms with Gasteiger partial charge in [0.05, 0.1) is 35.1 Å². The van der Waals surface area contributed by atoms with Crippen molar-refractivity contribution in [3.8, 4) is 0 Å². The lowest BCUT2D eigenvalue weighted by atomic mass is 9.92. The fraction of sp³-hybridized carbons (Fsp3) is 0.409. The molecule has 1 aliphatic heterocycles. The molecular weight excluding hydrogens is 350 g/mol. The average molecular weight is 377 g/mol. The number of aromatic nitrogens is 3. The Kier molecular flexibility index (Phi) is 5.03. The van der Waals surface area contributed by atoms with E-state index >= 15 is 0 Å². The topological polar surface area (TPSA) is 77.0 Å². The van der Waals surface area contributed by atoms with E-state index in [1.807, 2.05) is 66.0 Å². The maximum atomic E-state index is 13.0. The number of para-hydroxylation sites is 1. The van der Waals surface area contributed by atoms with Crippen molar-refractivity contribution in [2.45, 2.75) is 39.2 Å². The minimum atomic E-state index is -0.111. The van der Waals surface area contributed by atoms with Gasteiger partial charge in [0.2, 0.25) is 5.91 Å². The molecule has 28 heavy (non-hydrogen) atoms. The van der Waals surface area contributed by atoms with E-state index < -0.39 is 0 Å². The van der Waals surface area contributed by atoms with Gasteiger partial charge in [0, 0.05) is 30.6 Å². The third kappa shape index (κ3) is 3.72. The number of hydrogen-bond acceptors (Lipinski definition) is 4. The van der Waals surface area contributed by atoms with Crippen molar-refractivity contribution >= 4 is 22.5 Å². The van der Waals surface area contributed by atoms with Crippen LogP contribution in [0.5, 0.6) is 0 Å². The summed E-state index contributed by atoms with van der Waals surface area (Å²) in [5.41, 5.74) is 9.89. The Morgan fingerprint density at radius 2 is 2.14 bits per heavy atom. The monoisotopic (exact) mass is 377 g/mol. The van der Waals surface area contributed by atoms with Crippen molar-refractivity contribution in [3.63, 3.8) is 0 Å². The van der Waals surface area contributed by atoms with Crippen LogP contribution in [0, 0.1) is 12.8 Å². The number of carbonyl (C=O) groups excluding carboxylic acids is 1. The van der Waals surface area contributed by atoms with Gasteiger partial charge in [0.25, 0.3) is 0 Å². The third-order valence-electron chi connectivity index (χ3n) is 5.56. The number of piperidine rings is 1. The molecular formula is C22H27N5O. The molecule has 6 heteroatoms. The van der Waals surface area contributed by atoms with Crippen LogP contribution in [0.15, 0.2) is 42.6 Å². The Hall–Kier alpha value is -2.89. The number of nitrogens with zero attached hydrogens (tertiary/aromatic N) is 4. The molecule has 2 unspecified atom stereocenters. The number of aryl methyl sites for hydroxylation is 1. The number of likely N-dealkylation sites (tertiary alicyclic amines) is 1. The van der Waals surface area contributed by atoms with Crippen LogP contribution in [-0.2, 0) is 11.3 Å². The van der Waals surface area contributed by atoms with E-state index in [1.54, 1.807) is 0 Å². The van der Waals surface area contributed by atoms with Gasteiger partial charge >= 0.3 is 0 Å². The van der Waals surface area contributed by atoms with E-state index in [9.17, 15) is 4.79 Å². The van der Waals surface area contributed by atoms with Crippen molar-refractivity contribution in [2.75, 3.05) is 18.8 Å². The summed E-state index contributed by atoms with van der Waals surface area (Å²) in [7, 11) is 0. The van der Waals surface area contributed by atoms with Gasteiger partial charge < -0.3 is 10.6 Å². The molecule has 4 rings (SSSR count). The lowest BCUT2D eigenvalue weighted by Gasteiger charge is -2.34. The molecule has 2 aromatic heterocycles. The summed E-state index contributed by atoms with van der Waals surface area (Å²) >= 11 is 0. The molecule has 3 aromatic rings. The number of hydrogen-bond donors (Lipinski definition) is 1. The number of nitrogen functional groups attached to an aromatic ring is 1. The number of anilines is 1. The van der Waals surface area contributed by atoms with E-state index in [4.69, 9.17) is 10.7 Å². The Bertz CT molecular complexity index is 996. The molecule has 1 aromatic carbocycles. The minimum absolute atomic E-state index is 0.111. The second-order valence-corrected chi connectivity index (χ2v) is 7.86. The highest BCUT2D eigenvalue weighted by Crippen LogP contribution is 2.31. The molecule has 0 aliphatic carbocycles. The van der Waals surface area contributed by atoms with Crippen molar-refractivity contribution in [3.05, 3.63) is 54.0 Å². The summed E-state index contributed by atoms with van der Waals surface area (Å²) in [5.74, 6) is 0.249. The summed E-state index contributed by atoms with van der Waals surface area (Å²) in [6.45, 7) is 6.01. The number of carbonyl (C=O) groups is 1. The predicted octanol–water partition coefficient (Wildman–Crippen LogP) is 3.36. The SMILES string of the molecule is Cc1ccn(CC(C)C(=O)N2CCCC(c3nc4ccccc4cc3N)C2)n1. The minimum Gasteiger partial charge on any atom is -0.397 e. The highest BCUT2D eigenvalue weighted by atomic mass is 16.2. The van der Waals surface area contributed by atoms with E-state index in [-0.39, 0.29) is 17.7 Å². The number of fused-ring (bicyclic) bond motifs is 1. The van der Waals surface area contributed by atoms with E-state index in [0.29, 0.717) is 13.1 Å². The predicted molar refractivity (Wildman–Crippen MR) is 111 cm³/mol. The van der Waals surface area contributed by atoms with E-state index in [1.165, 1.54) is 0 Å². The molecule has 3 heterocycles. The average Bonchev–Trinajstić information content (AvgIpc) is 3.11. The molecule has 0 spiro atoms. The van der Waals surface area contributed by atoms with Crippen molar-refractivity contribution in [1.29, 1.82) is 0 Å². The largest absolute Gasteiger partial charge is 0.397 e. The van der Waals surface area contributed by atoms with Crippen LogP contribution in [0.1, 0.15) is 37.1 Å². The van der Waals surface area contributed by atoms with Gasteiger partial charge in [-0.25, -0.2) is 0 Å². The smallest absolute Gasteiger partial charge is 0.227 e. The first-order valence-electron chi connectivity index (χ1n) is 9.95. The zero-order chi connectivity index (χ0) is 19.7. The molecule has 146 valence electrons. The van der Waals surface area contributed by atoms with Gasteiger partial charge in [0.15, 0.2) is 0 Å². The summed E-state index contributed by atoms with van der Waals surface area (Å²) in [6.07, 6.45) is 3.90. The molecule has 2 atom stereocenters. The highest BCUT2D eigenvalue weighted by molar-refractivity contribution is 5.82. The van der Waals surface area contributed by atoms with Gasteiger partial charge in [-0.1, -0.05) is 25.1 Å². The second-order valence-electron chi connectivity index (χ2n) is 7.86. The van der Waals surface area contributed by atoms with Crippen LogP contribution in [-0.4, -0.2) is 38.7 Å². The molecule has 0 radical (unpaired) electrons. The Labute approximate surface area is 165 Å². The number of pyridine rings is 1. The fourth-order valence-corrected chi connectivity index (χ4v) is 4.11. The van der Waals surface area contributed by atoms with E-state index in [0.717, 1.165) is 47.4 Å². The molecule has 2 N–H and O–H groups in total. The van der Waals surface area contributed by atoms with Crippen LogP contribution in [0.4, 0.5) is 5.69 Å². The maximum Gasteiger partial charge on any atom is 0.227 e. The highest BCUT2D eigenvalue weighted by Gasteiger charge is 2.29. The normalized spacial score (nSPS) is 18.4. The number of rotatable bonds is 4. The van der Waals surface area contributed by atoms with Crippen LogP contribution >= 0.6 is 0 Å². The summed E-state index contributed by atoms with van der Waals surface area (Å²) < 4.78 is 1.85. The standard InChI is InChI=1S/C22H27N5O/c1-15(13-27-11-9-16(2)25-27)22(28)26-10-5-7-18(14-26)21-19(23)12-17-6-3-4-8-20(17)24-21/h3-4,6,8-9,11-12,15,18H,5,7,10,13-14,23H2,1-2H3. The summed E-state index contributed by atoms with van der Waals surface area (Å²) in [5, 5.41) is 5.45. The van der Waals surface area contributed by atoms with Crippen LogP contribution in [0.3, 0.4) is 0 Å². The second kappa shape index (κ2) is 7.62. The van der Waals surface area contributed by atoms with Gasteiger partial charge in [0.1, 0.15) is 0 Å². The quantitative estimate of drug-likeness (QED) is 0.756. The van der Waals surface area contributed by atoms with Crippen molar-refractivity contribution in [1.82, 2.24) is 19.7 Å². The molecule has 1 fully saturated rings. The molecule has 0 saturated carbocycles. The summed E-state index contributed by atoms with van der Waals surface area (Å²) in [6, 6.07) is 12.0. The molecule has 1 aliphatic rings. The number of amides is 1. The van der Waals surface area contributed by atoms with Crippen LogP contribution in [0.25, 0.3) is 10.9 Å². The first-order chi connectivity index (χ1) is 13.5. The molecule has 1 saturated heterocycles. The van der Waals surface area contributed by atoms with Crippen LogP contribution in [0.2, 0.25) is 0 Å². The van der Waals surface area contributed by atoms with Crippen molar-refractivity contribution in [2.24, 2.45) is 5.92 Å². The van der Waals surface area contributed by atoms with Gasteiger partial charge in [-0.2, -0.15) is 5.10 Å². The lowest BCUT2D eigenvalue weighted by molar-refractivity contribution is -0.136. The Morgan fingerprint density at radius 3 is 2.93 bits per heavy atom. The molecule has 0 bridgehead atoms. The van der Waals surface area contributed by atoms with E-state index in [2.05, 4.69) is 5.10 Å². The Balaban J connectivity index is 1.49. The van der Waals surface area contributed by atoms with Gasteiger partial charge in [-0.3, -0.25) is 14.5 Å². The first-order valence-corrected chi connectivity index (χ1v) is 9.95. The molecule has 6 nitrogen and oxygen atoms in total. The Morgan fingerprint density at radius 1 is 1.32 bits per heavy atom. The maximum absolute atomic E-state index is 13.0. The summed E-state index contributed by atoms with van der Waals surface area (Å²) in [4.78, 5) is 19.8. The van der Waals surface area contributed by atoms with Crippen LogP contribution < -0.4 is 5.73 Å². The fourth-order valence-electron chi connectivity index (χ4n) is 4.11. The number of nitrogens with two attached hydrogens (primary N) is 1. The van der Waals surface area contributed by atoms with Crippen molar-refractivity contribution < 1.29 is 4.79 Å². The zero-order valence-electron chi connectivity index (χ0n) is 16.5. The third-order valence-corrected chi connectivity index (χ3v) is 5.56.